The van der Waals surface area contributed by atoms with Crippen LogP contribution in [0.1, 0.15) is 5.56 Å². The Labute approximate surface area is 72.8 Å². The second kappa shape index (κ2) is 4.91. The van der Waals surface area contributed by atoms with Crippen LogP contribution in [0.15, 0.2) is 30.3 Å². The molecule has 1 radical (unpaired) electrons. The van der Waals surface area contributed by atoms with Crippen LogP contribution in [0.5, 0.6) is 0 Å². The van der Waals surface area contributed by atoms with Crippen molar-refractivity contribution in [3.05, 3.63) is 42.8 Å². The second-order valence-electron chi connectivity index (χ2n) is 2.56. The summed E-state index contributed by atoms with van der Waals surface area (Å²) in [5.74, 6) is 0. The molecule has 2 nitrogen and oxygen atoms in total. The van der Waals surface area contributed by atoms with Gasteiger partial charge in [0.2, 0.25) is 0 Å². The van der Waals surface area contributed by atoms with E-state index in [1.165, 1.54) is 5.56 Å². The lowest BCUT2D eigenvalue weighted by Gasteiger charge is -2.05. The molecule has 12 heavy (non-hydrogen) atoms. The van der Waals surface area contributed by atoms with Crippen molar-refractivity contribution in [2.45, 2.75) is 12.7 Å². The second-order valence-corrected chi connectivity index (χ2v) is 2.56. The van der Waals surface area contributed by atoms with Crippen molar-refractivity contribution < 1.29 is 9.84 Å². The third-order valence-electron chi connectivity index (χ3n) is 1.54. The zero-order valence-corrected chi connectivity index (χ0v) is 6.94. The Morgan fingerprint density at radius 1 is 1.33 bits per heavy atom. The smallest absolute Gasteiger partial charge is 0.154 e. The number of benzene rings is 1. The summed E-state index contributed by atoms with van der Waals surface area (Å²) in [4.78, 5) is 0. The minimum Gasteiger partial charge on any atom is -0.368 e. The minimum absolute atomic E-state index is 0.509. The average Bonchev–Trinajstić information content (AvgIpc) is 2.05. The zero-order chi connectivity index (χ0) is 8.81. The van der Waals surface area contributed by atoms with Crippen LogP contribution in [0.25, 0.3) is 0 Å². The lowest BCUT2D eigenvalue weighted by molar-refractivity contribution is -0.0649. The molecule has 1 aromatic carbocycles. The van der Waals surface area contributed by atoms with Crippen LogP contribution in [0.3, 0.4) is 0 Å². The van der Waals surface area contributed by atoms with Gasteiger partial charge >= 0.3 is 0 Å². The molecule has 1 N–H and O–H groups in total. The Bertz CT molecular complexity index is 206. The highest BCUT2D eigenvalue weighted by atomic mass is 16.6. The number of aliphatic hydroxyl groups is 1. The molecule has 0 amide bonds. The molecule has 0 fully saturated rings. The van der Waals surface area contributed by atoms with Gasteiger partial charge in [0.05, 0.1) is 6.61 Å². The molecular weight excluding hydrogens is 152 g/mol. The Kier molecular flexibility index (Phi) is 3.77. The van der Waals surface area contributed by atoms with Crippen molar-refractivity contribution in [3.8, 4) is 0 Å². The molecule has 0 aliphatic rings. The molecule has 0 aliphatic heterocycles. The maximum absolute atomic E-state index is 8.70. The van der Waals surface area contributed by atoms with Gasteiger partial charge in [0.15, 0.2) is 6.29 Å². The highest BCUT2D eigenvalue weighted by Gasteiger charge is 1.95. The van der Waals surface area contributed by atoms with Gasteiger partial charge in [-0.15, -0.1) is 0 Å². The molecule has 0 spiro atoms. The summed E-state index contributed by atoms with van der Waals surface area (Å²) in [6.45, 7) is 3.81. The molecule has 1 atom stereocenters. The van der Waals surface area contributed by atoms with E-state index in [-0.39, 0.29) is 0 Å². The van der Waals surface area contributed by atoms with Gasteiger partial charge in [0.25, 0.3) is 0 Å². The number of aliphatic hydroxyl groups excluding tert-OH is 1. The first kappa shape index (κ1) is 9.23. The van der Waals surface area contributed by atoms with Crippen molar-refractivity contribution in [1.82, 2.24) is 0 Å². The summed E-state index contributed by atoms with van der Waals surface area (Å²) in [6.07, 6.45) is -0.0957. The fourth-order valence-electron chi connectivity index (χ4n) is 0.957. The Hall–Kier alpha value is -0.860. The van der Waals surface area contributed by atoms with E-state index in [4.69, 9.17) is 9.84 Å². The molecule has 1 aromatic rings. The van der Waals surface area contributed by atoms with Gasteiger partial charge in [-0.1, -0.05) is 30.3 Å². The van der Waals surface area contributed by atoms with Gasteiger partial charge in [0.1, 0.15) is 0 Å². The van der Waals surface area contributed by atoms with Crippen molar-refractivity contribution in [3.63, 3.8) is 0 Å². The molecule has 0 aromatic heterocycles. The van der Waals surface area contributed by atoms with Gasteiger partial charge in [-0.25, -0.2) is 0 Å². The van der Waals surface area contributed by atoms with E-state index in [1.54, 1.807) is 0 Å². The molecule has 0 heterocycles. The van der Waals surface area contributed by atoms with E-state index in [0.29, 0.717) is 6.61 Å². The highest BCUT2D eigenvalue weighted by molar-refractivity contribution is 5.14. The van der Waals surface area contributed by atoms with E-state index in [9.17, 15) is 0 Å². The van der Waals surface area contributed by atoms with E-state index in [1.807, 2.05) is 30.3 Å². The summed E-state index contributed by atoms with van der Waals surface area (Å²) in [7, 11) is 0. The normalized spacial score (nSPS) is 12.8. The van der Waals surface area contributed by atoms with Crippen molar-refractivity contribution in [1.29, 1.82) is 0 Å². The van der Waals surface area contributed by atoms with Gasteiger partial charge < -0.3 is 9.84 Å². The lowest BCUT2D eigenvalue weighted by Crippen LogP contribution is -2.09. The van der Waals surface area contributed by atoms with Crippen molar-refractivity contribution in [2.24, 2.45) is 0 Å². The molecule has 65 valence electrons. The topological polar surface area (TPSA) is 29.5 Å². The fourth-order valence-corrected chi connectivity index (χ4v) is 0.957. The molecule has 1 rings (SSSR count). The van der Waals surface area contributed by atoms with Crippen molar-refractivity contribution >= 4 is 0 Å². The van der Waals surface area contributed by atoms with E-state index in [2.05, 4.69) is 6.92 Å². The monoisotopic (exact) mass is 165 g/mol. The summed E-state index contributed by atoms with van der Waals surface area (Å²) >= 11 is 0. The molecule has 2 heteroatoms. The van der Waals surface area contributed by atoms with Crippen LogP contribution < -0.4 is 0 Å². The summed E-state index contributed by atoms with van der Waals surface area (Å²) < 4.78 is 4.89. The maximum Gasteiger partial charge on any atom is 0.154 e. The van der Waals surface area contributed by atoms with Crippen LogP contribution in [0.2, 0.25) is 0 Å². The van der Waals surface area contributed by atoms with Gasteiger partial charge in [-0.05, 0) is 12.0 Å². The third-order valence-corrected chi connectivity index (χ3v) is 1.54. The largest absolute Gasteiger partial charge is 0.368 e. The Morgan fingerprint density at radius 3 is 2.58 bits per heavy atom. The lowest BCUT2D eigenvalue weighted by atomic mass is 10.2. The third kappa shape index (κ3) is 3.51. The first-order valence-electron chi connectivity index (χ1n) is 3.96. The quantitative estimate of drug-likeness (QED) is 0.683. The first-order chi connectivity index (χ1) is 5.79. The fraction of sp³-hybridized carbons (Fsp3) is 0.300. The molecular formula is C10H13O2. The van der Waals surface area contributed by atoms with Gasteiger partial charge in [-0.2, -0.15) is 0 Å². The van der Waals surface area contributed by atoms with Crippen LogP contribution in [0.4, 0.5) is 0 Å². The molecule has 1 unspecified atom stereocenters. The van der Waals surface area contributed by atoms with Crippen molar-refractivity contribution in [2.75, 3.05) is 6.61 Å². The molecule has 0 aliphatic carbocycles. The van der Waals surface area contributed by atoms with Crippen LogP contribution in [0, 0.1) is 6.92 Å². The summed E-state index contributed by atoms with van der Waals surface area (Å²) in [6, 6.07) is 9.99. The molecule has 0 bridgehead atoms. The van der Waals surface area contributed by atoms with Gasteiger partial charge in [0, 0.05) is 6.92 Å². The average molecular weight is 165 g/mol. The Balaban J connectivity index is 2.25. The highest BCUT2D eigenvalue weighted by Crippen LogP contribution is 1.99. The maximum atomic E-state index is 8.70. The molecule has 0 saturated carbocycles. The SMILES string of the molecule is [CH2]C(O)OCCc1ccccc1. The van der Waals surface area contributed by atoms with Gasteiger partial charge in [-0.3, -0.25) is 0 Å². The van der Waals surface area contributed by atoms with Crippen LogP contribution in [-0.4, -0.2) is 18.0 Å². The summed E-state index contributed by atoms with van der Waals surface area (Å²) in [5, 5.41) is 8.70. The van der Waals surface area contributed by atoms with Crippen LogP contribution in [-0.2, 0) is 11.2 Å². The summed E-state index contributed by atoms with van der Waals surface area (Å²) in [5.41, 5.74) is 1.21. The Morgan fingerprint density at radius 2 is 2.00 bits per heavy atom. The van der Waals surface area contributed by atoms with E-state index >= 15 is 0 Å². The van der Waals surface area contributed by atoms with E-state index in [0.717, 1.165) is 6.42 Å². The zero-order valence-electron chi connectivity index (χ0n) is 6.94. The number of ether oxygens (including phenoxy) is 1. The predicted octanol–water partition coefficient (Wildman–Crippen LogP) is 1.40. The first-order valence-corrected chi connectivity index (χ1v) is 3.96. The number of hydrogen-bond acceptors (Lipinski definition) is 2. The molecule has 0 saturated heterocycles. The number of hydrogen-bond donors (Lipinski definition) is 1. The van der Waals surface area contributed by atoms with Crippen LogP contribution >= 0.6 is 0 Å². The minimum atomic E-state index is -0.909. The predicted molar refractivity (Wildman–Crippen MR) is 47.5 cm³/mol. The standard InChI is InChI=1S/C10H13O2/c1-9(11)12-8-7-10-5-3-2-4-6-10/h2-6,9,11H,1,7-8H2. The van der Waals surface area contributed by atoms with E-state index < -0.39 is 6.29 Å². The number of rotatable bonds is 4.